The van der Waals surface area contributed by atoms with E-state index in [4.69, 9.17) is 4.98 Å². The summed E-state index contributed by atoms with van der Waals surface area (Å²) >= 11 is 1.59. The van der Waals surface area contributed by atoms with Gasteiger partial charge in [0.2, 0.25) is 5.91 Å². The third kappa shape index (κ3) is 6.38. The molecule has 1 fully saturated rings. The van der Waals surface area contributed by atoms with Crippen molar-refractivity contribution in [3.05, 3.63) is 70.7 Å². The monoisotopic (exact) mass is 450 g/mol. The number of benzene rings is 2. The van der Waals surface area contributed by atoms with Gasteiger partial charge in [-0.2, -0.15) is 0 Å². The smallest absolute Gasteiger partial charge is 0.226 e. The zero-order valence-corrected chi connectivity index (χ0v) is 19.3. The van der Waals surface area contributed by atoms with Crippen molar-refractivity contribution < 1.29 is 9.90 Å². The number of phenolic OH excluding ortho intramolecular Hbond substituents is 1. The van der Waals surface area contributed by atoms with Crippen LogP contribution in [0, 0.1) is 0 Å². The van der Waals surface area contributed by atoms with Crippen LogP contribution in [0.5, 0.6) is 5.75 Å². The standard InChI is InChI=1S/C25H30N4O2S/c1-28-11-13-29(14-12-28)17-20-3-2-4-21(15-20)25-27-22(18-32-25)16-24(31)26-10-9-19-5-7-23(30)8-6-19/h2-8,15,18,30H,9-14,16-17H2,1H3,(H,26,31). The number of aromatic hydroxyl groups is 1. The Hall–Kier alpha value is -2.74. The van der Waals surface area contributed by atoms with Gasteiger partial charge in [0.05, 0.1) is 12.1 Å². The summed E-state index contributed by atoms with van der Waals surface area (Å²) in [5.74, 6) is 0.228. The summed E-state index contributed by atoms with van der Waals surface area (Å²) in [4.78, 5) is 21.9. The van der Waals surface area contributed by atoms with E-state index >= 15 is 0 Å². The first-order chi connectivity index (χ1) is 15.5. The molecule has 2 heterocycles. The lowest BCUT2D eigenvalue weighted by Gasteiger charge is -2.32. The lowest BCUT2D eigenvalue weighted by molar-refractivity contribution is -0.120. The van der Waals surface area contributed by atoms with E-state index in [0.29, 0.717) is 6.54 Å². The number of likely N-dealkylation sites (N-methyl/N-ethyl adjacent to an activating group) is 1. The molecule has 4 rings (SSSR count). The van der Waals surface area contributed by atoms with Gasteiger partial charge in [0.15, 0.2) is 0 Å². The number of hydrogen-bond acceptors (Lipinski definition) is 6. The average Bonchev–Trinajstić information content (AvgIpc) is 3.25. The number of nitrogens with one attached hydrogen (secondary N) is 1. The maximum absolute atomic E-state index is 12.3. The Morgan fingerprint density at radius 3 is 2.66 bits per heavy atom. The van der Waals surface area contributed by atoms with E-state index in [2.05, 4.69) is 46.4 Å². The van der Waals surface area contributed by atoms with Crippen LogP contribution in [0.3, 0.4) is 0 Å². The number of amides is 1. The van der Waals surface area contributed by atoms with Crippen LogP contribution in [-0.4, -0.2) is 65.6 Å². The average molecular weight is 451 g/mol. The summed E-state index contributed by atoms with van der Waals surface area (Å²) in [7, 11) is 2.17. The van der Waals surface area contributed by atoms with Crippen molar-refractivity contribution in [2.24, 2.45) is 0 Å². The van der Waals surface area contributed by atoms with Crippen molar-refractivity contribution in [3.63, 3.8) is 0 Å². The van der Waals surface area contributed by atoms with Crippen LogP contribution < -0.4 is 5.32 Å². The lowest BCUT2D eigenvalue weighted by atomic mass is 10.1. The predicted molar refractivity (Wildman–Crippen MR) is 129 cm³/mol. The zero-order valence-electron chi connectivity index (χ0n) is 18.5. The fraction of sp³-hybridized carbons (Fsp3) is 0.360. The number of phenols is 1. The molecule has 1 aliphatic rings. The quantitative estimate of drug-likeness (QED) is 0.552. The minimum Gasteiger partial charge on any atom is -0.508 e. The lowest BCUT2D eigenvalue weighted by Crippen LogP contribution is -2.43. The van der Waals surface area contributed by atoms with E-state index in [0.717, 1.165) is 61.0 Å². The fourth-order valence-corrected chi connectivity index (χ4v) is 4.64. The Labute approximate surface area is 193 Å². The molecular formula is C25H30N4O2S. The molecule has 0 unspecified atom stereocenters. The van der Waals surface area contributed by atoms with Gasteiger partial charge in [-0.1, -0.05) is 30.3 Å². The summed E-state index contributed by atoms with van der Waals surface area (Å²) in [6.07, 6.45) is 1.02. The molecule has 2 aromatic carbocycles. The van der Waals surface area contributed by atoms with Crippen LogP contribution in [0.15, 0.2) is 53.9 Å². The molecule has 0 spiro atoms. The molecule has 2 N–H and O–H groups in total. The predicted octanol–water partition coefficient (Wildman–Crippen LogP) is 3.16. The van der Waals surface area contributed by atoms with Crippen molar-refractivity contribution >= 4 is 17.2 Å². The molecular weight excluding hydrogens is 420 g/mol. The Balaban J connectivity index is 1.28. The highest BCUT2D eigenvalue weighted by Gasteiger charge is 2.15. The molecule has 1 amide bonds. The highest BCUT2D eigenvalue weighted by molar-refractivity contribution is 7.13. The SMILES string of the molecule is CN1CCN(Cc2cccc(-c3nc(CC(=O)NCCc4ccc(O)cc4)cs3)c2)CC1. The van der Waals surface area contributed by atoms with Gasteiger partial charge in [0, 0.05) is 50.2 Å². The first-order valence-corrected chi connectivity index (χ1v) is 11.9. The Morgan fingerprint density at radius 1 is 1.09 bits per heavy atom. The number of thiazole rings is 1. The van der Waals surface area contributed by atoms with E-state index in [-0.39, 0.29) is 18.1 Å². The van der Waals surface area contributed by atoms with Gasteiger partial charge in [0.25, 0.3) is 0 Å². The van der Waals surface area contributed by atoms with E-state index < -0.39 is 0 Å². The van der Waals surface area contributed by atoms with Crippen LogP contribution in [0.1, 0.15) is 16.8 Å². The summed E-state index contributed by atoms with van der Waals surface area (Å²) in [6.45, 7) is 5.96. The van der Waals surface area contributed by atoms with Gasteiger partial charge in [0.1, 0.15) is 10.8 Å². The van der Waals surface area contributed by atoms with Crippen molar-refractivity contribution in [1.29, 1.82) is 0 Å². The maximum atomic E-state index is 12.3. The molecule has 32 heavy (non-hydrogen) atoms. The number of rotatable bonds is 8. The van der Waals surface area contributed by atoms with Gasteiger partial charge in [-0.15, -0.1) is 11.3 Å². The molecule has 7 heteroatoms. The fourth-order valence-electron chi connectivity index (χ4n) is 3.82. The van der Waals surface area contributed by atoms with Gasteiger partial charge in [-0.05, 0) is 42.8 Å². The normalized spacial score (nSPS) is 15.0. The minimum atomic E-state index is -0.0237. The molecule has 1 aliphatic heterocycles. The second kappa shape index (κ2) is 10.7. The van der Waals surface area contributed by atoms with Crippen molar-refractivity contribution in [3.8, 4) is 16.3 Å². The molecule has 1 aromatic heterocycles. The van der Waals surface area contributed by atoms with Crippen LogP contribution >= 0.6 is 11.3 Å². The summed E-state index contributed by atoms with van der Waals surface area (Å²) in [6, 6.07) is 15.6. The third-order valence-corrected chi connectivity index (χ3v) is 6.68. The van der Waals surface area contributed by atoms with Crippen LogP contribution in [-0.2, 0) is 24.2 Å². The van der Waals surface area contributed by atoms with Crippen molar-refractivity contribution in [1.82, 2.24) is 20.1 Å². The molecule has 3 aromatic rings. The van der Waals surface area contributed by atoms with Gasteiger partial charge in [-0.3, -0.25) is 9.69 Å². The van der Waals surface area contributed by atoms with Gasteiger partial charge < -0.3 is 15.3 Å². The van der Waals surface area contributed by atoms with Crippen LogP contribution in [0.4, 0.5) is 0 Å². The highest BCUT2D eigenvalue weighted by atomic mass is 32.1. The molecule has 0 radical (unpaired) electrons. The number of carbonyl (C=O) groups excluding carboxylic acids is 1. The third-order valence-electron chi connectivity index (χ3n) is 5.74. The zero-order chi connectivity index (χ0) is 22.3. The van der Waals surface area contributed by atoms with Crippen LogP contribution in [0.25, 0.3) is 10.6 Å². The number of carbonyl (C=O) groups is 1. The molecule has 0 atom stereocenters. The highest BCUT2D eigenvalue weighted by Crippen LogP contribution is 2.25. The van der Waals surface area contributed by atoms with Crippen LogP contribution in [0.2, 0.25) is 0 Å². The molecule has 168 valence electrons. The van der Waals surface area contributed by atoms with E-state index in [1.807, 2.05) is 17.5 Å². The summed E-state index contributed by atoms with van der Waals surface area (Å²) < 4.78 is 0. The second-order valence-electron chi connectivity index (χ2n) is 8.37. The number of piperazine rings is 1. The van der Waals surface area contributed by atoms with Gasteiger partial charge in [-0.25, -0.2) is 4.98 Å². The Bertz CT molecular complexity index is 1030. The molecule has 1 saturated heterocycles. The number of aromatic nitrogens is 1. The van der Waals surface area contributed by atoms with E-state index in [1.165, 1.54) is 5.56 Å². The Morgan fingerprint density at radius 2 is 1.88 bits per heavy atom. The topological polar surface area (TPSA) is 68.7 Å². The maximum Gasteiger partial charge on any atom is 0.226 e. The largest absolute Gasteiger partial charge is 0.508 e. The first-order valence-electron chi connectivity index (χ1n) is 11.0. The summed E-state index contributed by atoms with van der Waals surface area (Å²) in [5, 5.41) is 15.2. The Kier molecular flexibility index (Phi) is 7.52. The van der Waals surface area contributed by atoms with Crippen molar-refractivity contribution in [2.75, 3.05) is 39.8 Å². The first kappa shape index (κ1) is 22.5. The second-order valence-corrected chi connectivity index (χ2v) is 9.23. The molecule has 0 aliphatic carbocycles. The number of hydrogen-bond donors (Lipinski definition) is 2. The minimum absolute atomic E-state index is 0.0237. The molecule has 6 nitrogen and oxygen atoms in total. The summed E-state index contributed by atoms with van der Waals surface area (Å²) in [5.41, 5.74) is 4.29. The molecule has 0 saturated carbocycles. The van der Waals surface area contributed by atoms with E-state index in [9.17, 15) is 9.90 Å². The van der Waals surface area contributed by atoms with Crippen molar-refractivity contribution in [2.45, 2.75) is 19.4 Å². The van der Waals surface area contributed by atoms with E-state index in [1.54, 1.807) is 23.5 Å². The molecule has 0 bridgehead atoms. The van der Waals surface area contributed by atoms with Gasteiger partial charge >= 0.3 is 0 Å². The number of nitrogens with zero attached hydrogens (tertiary/aromatic N) is 3.